The van der Waals surface area contributed by atoms with Gasteiger partial charge in [-0.2, -0.15) is 0 Å². The van der Waals surface area contributed by atoms with E-state index in [1.54, 1.807) is 0 Å². The predicted molar refractivity (Wildman–Crippen MR) is 173 cm³/mol. The van der Waals surface area contributed by atoms with Crippen molar-refractivity contribution in [3.63, 3.8) is 0 Å². The Morgan fingerprint density at radius 1 is 0.561 bits per heavy atom. The standard InChI is InChI=1S/C39H30N2/c1-39(2)33-17-9-6-14-27(33)30-23-32-29-16-8-11-19-36(29)41(38(32)24-34(30)39)26-20-21-37-31(22-26)28-15-7-10-18-35(28)40(37)25-12-4-3-5-13-25/h3-6,8-14,16-24H,7,15H2,1-2H3. The molecule has 2 heteroatoms. The first-order valence-corrected chi connectivity index (χ1v) is 14.7. The lowest BCUT2D eigenvalue weighted by molar-refractivity contribution is 0.661. The van der Waals surface area contributed by atoms with Crippen LogP contribution in [-0.4, -0.2) is 9.13 Å². The minimum absolute atomic E-state index is 0.0380. The van der Waals surface area contributed by atoms with Crippen LogP contribution in [0.4, 0.5) is 0 Å². The number of para-hydroxylation sites is 2. The number of hydrogen-bond acceptors (Lipinski definition) is 0. The molecule has 0 saturated carbocycles. The van der Waals surface area contributed by atoms with E-state index in [2.05, 4.69) is 144 Å². The van der Waals surface area contributed by atoms with E-state index in [0.717, 1.165) is 12.8 Å². The molecule has 0 unspecified atom stereocenters. The van der Waals surface area contributed by atoms with Crippen LogP contribution in [0.1, 0.15) is 42.7 Å². The zero-order valence-electron chi connectivity index (χ0n) is 23.4. The highest BCUT2D eigenvalue weighted by Crippen LogP contribution is 2.51. The third-order valence-electron chi connectivity index (χ3n) is 9.58. The molecule has 2 aliphatic carbocycles. The molecule has 0 aliphatic heterocycles. The molecule has 0 fully saturated rings. The number of allylic oxidation sites excluding steroid dienone is 1. The lowest BCUT2D eigenvalue weighted by Crippen LogP contribution is -2.14. The summed E-state index contributed by atoms with van der Waals surface area (Å²) < 4.78 is 4.93. The monoisotopic (exact) mass is 526 g/mol. The number of aryl methyl sites for hydroxylation is 1. The molecule has 0 N–H and O–H groups in total. The maximum atomic E-state index is 2.49. The van der Waals surface area contributed by atoms with Gasteiger partial charge in [0.05, 0.1) is 16.6 Å². The van der Waals surface area contributed by atoms with Crippen LogP contribution in [0.3, 0.4) is 0 Å². The van der Waals surface area contributed by atoms with E-state index in [1.165, 1.54) is 77.6 Å². The Balaban J connectivity index is 1.35. The topological polar surface area (TPSA) is 9.86 Å². The SMILES string of the molecule is CC1(C)c2ccccc2-c2cc3c4ccccc4n(-c4ccc5c(c4)c4c(n5-c5ccccc5)C=CCC4)c3cc21. The molecule has 2 aliphatic rings. The third kappa shape index (κ3) is 3.02. The molecule has 9 rings (SSSR count). The number of fused-ring (bicyclic) bond motifs is 9. The number of nitrogens with zero attached hydrogens (tertiary/aromatic N) is 2. The van der Waals surface area contributed by atoms with Crippen LogP contribution in [0.2, 0.25) is 0 Å². The fourth-order valence-corrected chi connectivity index (χ4v) is 7.66. The first-order chi connectivity index (χ1) is 20.1. The molecule has 5 aromatic carbocycles. The van der Waals surface area contributed by atoms with Crippen molar-refractivity contribution >= 4 is 38.8 Å². The van der Waals surface area contributed by atoms with Crippen molar-refractivity contribution in [2.24, 2.45) is 0 Å². The maximum absolute atomic E-state index is 2.49. The van der Waals surface area contributed by atoms with Gasteiger partial charge in [-0.15, -0.1) is 0 Å². The molecule has 196 valence electrons. The van der Waals surface area contributed by atoms with Crippen molar-refractivity contribution in [1.29, 1.82) is 0 Å². The Kier molecular flexibility index (Phi) is 4.54. The average Bonchev–Trinajstić information content (AvgIpc) is 3.60. The average molecular weight is 527 g/mol. The third-order valence-corrected chi connectivity index (χ3v) is 9.58. The first kappa shape index (κ1) is 22.9. The highest BCUT2D eigenvalue weighted by Gasteiger charge is 2.36. The highest BCUT2D eigenvalue weighted by atomic mass is 15.0. The quantitative estimate of drug-likeness (QED) is 0.212. The minimum Gasteiger partial charge on any atom is -0.310 e. The van der Waals surface area contributed by atoms with Gasteiger partial charge in [-0.25, -0.2) is 0 Å². The van der Waals surface area contributed by atoms with E-state index in [4.69, 9.17) is 0 Å². The van der Waals surface area contributed by atoms with E-state index >= 15 is 0 Å². The molecular weight excluding hydrogens is 496 g/mol. The van der Waals surface area contributed by atoms with Crippen molar-refractivity contribution in [2.75, 3.05) is 0 Å². The molecule has 41 heavy (non-hydrogen) atoms. The van der Waals surface area contributed by atoms with Gasteiger partial charge in [0.25, 0.3) is 0 Å². The van der Waals surface area contributed by atoms with Gasteiger partial charge in [-0.1, -0.05) is 80.6 Å². The second-order valence-electron chi connectivity index (χ2n) is 12.1. The molecule has 2 heterocycles. The first-order valence-electron chi connectivity index (χ1n) is 14.7. The van der Waals surface area contributed by atoms with Gasteiger partial charge in [0.2, 0.25) is 0 Å². The summed E-state index contributed by atoms with van der Waals surface area (Å²) in [6.07, 6.45) is 6.78. The van der Waals surface area contributed by atoms with E-state index in [9.17, 15) is 0 Å². The van der Waals surface area contributed by atoms with Crippen LogP contribution in [-0.2, 0) is 11.8 Å². The summed E-state index contributed by atoms with van der Waals surface area (Å²) in [7, 11) is 0. The van der Waals surface area contributed by atoms with Gasteiger partial charge < -0.3 is 9.13 Å². The fourth-order valence-electron chi connectivity index (χ4n) is 7.66. The van der Waals surface area contributed by atoms with E-state index in [0.29, 0.717) is 0 Å². The Hall–Kier alpha value is -4.82. The molecule has 2 nitrogen and oxygen atoms in total. The van der Waals surface area contributed by atoms with Gasteiger partial charge in [0.15, 0.2) is 0 Å². The van der Waals surface area contributed by atoms with Crippen molar-refractivity contribution in [3.8, 4) is 22.5 Å². The van der Waals surface area contributed by atoms with Crippen LogP contribution < -0.4 is 0 Å². The van der Waals surface area contributed by atoms with Crippen molar-refractivity contribution in [1.82, 2.24) is 9.13 Å². The number of aromatic nitrogens is 2. The van der Waals surface area contributed by atoms with Gasteiger partial charge in [-0.05, 0) is 95.3 Å². The van der Waals surface area contributed by atoms with Crippen LogP contribution in [0, 0.1) is 0 Å². The van der Waals surface area contributed by atoms with Gasteiger partial charge in [0, 0.05) is 38.6 Å². The van der Waals surface area contributed by atoms with Gasteiger partial charge in [-0.3, -0.25) is 0 Å². The van der Waals surface area contributed by atoms with Crippen LogP contribution in [0.15, 0.2) is 115 Å². The molecule has 0 saturated heterocycles. The minimum atomic E-state index is -0.0380. The molecule has 7 aromatic rings. The van der Waals surface area contributed by atoms with E-state index < -0.39 is 0 Å². The largest absolute Gasteiger partial charge is 0.310 e. The van der Waals surface area contributed by atoms with Crippen LogP contribution in [0.5, 0.6) is 0 Å². The summed E-state index contributed by atoms with van der Waals surface area (Å²) in [5, 5.41) is 3.98. The zero-order chi connectivity index (χ0) is 27.3. The van der Waals surface area contributed by atoms with Gasteiger partial charge >= 0.3 is 0 Å². The highest BCUT2D eigenvalue weighted by molar-refractivity contribution is 6.12. The molecule has 2 aromatic heterocycles. The van der Waals surface area contributed by atoms with Crippen LogP contribution in [0.25, 0.3) is 61.3 Å². The Labute approximate surface area is 239 Å². The molecular formula is C39H30N2. The van der Waals surface area contributed by atoms with Crippen molar-refractivity contribution in [2.45, 2.75) is 32.1 Å². The van der Waals surface area contributed by atoms with Crippen molar-refractivity contribution in [3.05, 3.63) is 138 Å². The molecule has 0 spiro atoms. The predicted octanol–water partition coefficient (Wildman–Crippen LogP) is 9.99. The number of benzene rings is 5. The molecule has 0 amide bonds. The summed E-state index contributed by atoms with van der Waals surface area (Å²) in [6.45, 7) is 4.74. The zero-order valence-corrected chi connectivity index (χ0v) is 23.4. The second kappa shape index (κ2) is 8.11. The summed E-state index contributed by atoms with van der Waals surface area (Å²) in [5.41, 5.74) is 14.5. The Bertz CT molecular complexity index is 2220. The molecule has 0 bridgehead atoms. The second-order valence-corrected chi connectivity index (χ2v) is 12.1. The number of rotatable bonds is 2. The van der Waals surface area contributed by atoms with Crippen LogP contribution >= 0.6 is 0 Å². The maximum Gasteiger partial charge on any atom is 0.0544 e. The molecule has 0 atom stereocenters. The summed E-state index contributed by atoms with van der Waals surface area (Å²) in [6, 6.07) is 40.6. The number of hydrogen-bond donors (Lipinski definition) is 0. The Morgan fingerprint density at radius 3 is 2.24 bits per heavy atom. The van der Waals surface area contributed by atoms with E-state index in [1.807, 2.05) is 0 Å². The Morgan fingerprint density at radius 2 is 1.34 bits per heavy atom. The smallest absolute Gasteiger partial charge is 0.0544 e. The van der Waals surface area contributed by atoms with Crippen molar-refractivity contribution < 1.29 is 0 Å². The van der Waals surface area contributed by atoms with Gasteiger partial charge in [0.1, 0.15) is 0 Å². The van der Waals surface area contributed by atoms with E-state index in [-0.39, 0.29) is 5.41 Å². The lowest BCUT2D eigenvalue weighted by atomic mass is 9.82. The lowest BCUT2D eigenvalue weighted by Gasteiger charge is -2.21. The molecule has 0 radical (unpaired) electrons. The summed E-state index contributed by atoms with van der Waals surface area (Å²) in [5.74, 6) is 0. The summed E-state index contributed by atoms with van der Waals surface area (Å²) >= 11 is 0. The normalized spacial score (nSPS) is 15.0. The fraction of sp³-hybridized carbons (Fsp3) is 0.128. The summed E-state index contributed by atoms with van der Waals surface area (Å²) in [4.78, 5) is 0.